The second-order valence-corrected chi connectivity index (χ2v) is 5.22. The molecule has 0 amide bonds. The SMILES string of the molecule is CC(Cc1ccc(C#N)cc1)OS(C)(=O)=O. The lowest BCUT2D eigenvalue weighted by Crippen LogP contribution is -2.16. The molecule has 16 heavy (non-hydrogen) atoms. The van der Waals surface area contributed by atoms with E-state index in [-0.39, 0.29) is 0 Å². The first-order valence-electron chi connectivity index (χ1n) is 4.78. The van der Waals surface area contributed by atoms with E-state index in [0.717, 1.165) is 11.8 Å². The van der Waals surface area contributed by atoms with Crippen LogP contribution in [0, 0.1) is 11.3 Å². The molecule has 5 heteroatoms. The van der Waals surface area contributed by atoms with Gasteiger partial charge in [0, 0.05) is 0 Å². The normalized spacial score (nSPS) is 13.1. The van der Waals surface area contributed by atoms with Gasteiger partial charge in [-0.05, 0) is 31.0 Å². The van der Waals surface area contributed by atoms with Gasteiger partial charge in [0.25, 0.3) is 10.1 Å². The van der Waals surface area contributed by atoms with Gasteiger partial charge in [-0.15, -0.1) is 0 Å². The molecule has 1 unspecified atom stereocenters. The van der Waals surface area contributed by atoms with E-state index in [2.05, 4.69) is 0 Å². The number of benzene rings is 1. The van der Waals surface area contributed by atoms with Crippen LogP contribution in [0.5, 0.6) is 0 Å². The molecule has 0 fully saturated rings. The summed E-state index contributed by atoms with van der Waals surface area (Å²) in [5, 5.41) is 8.61. The minimum absolute atomic E-state index is 0.400. The van der Waals surface area contributed by atoms with Gasteiger partial charge in [-0.3, -0.25) is 4.18 Å². The third-order valence-electron chi connectivity index (χ3n) is 1.95. The van der Waals surface area contributed by atoms with Gasteiger partial charge in [0.2, 0.25) is 0 Å². The zero-order valence-corrected chi connectivity index (χ0v) is 9.99. The van der Waals surface area contributed by atoms with Crippen LogP contribution in [-0.4, -0.2) is 20.8 Å². The maximum atomic E-state index is 10.9. The molecule has 0 aromatic heterocycles. The summed E-state index contributed by atoms with van der Waals surface area (Å²) in [6.07, 6.45) is 1.13. The van der Waals surface area contributed by atoms with E-state index >= 15 is 0 Å². The van der Waals surface area contributed by atoms with Gasteiger partial charge < -0.3 is 0 Å². The van der Waals surface area contributed by atoms with E-state index in [1.54, 1.807) is 31.2 Å². The molecule has 1 rings (SSSR count). The summed E-state index contributed by atoms with van der Waals surface area (Å²) < 4.78 is 26.5. The molecule has 1 aromatic rings. The molecule has 0 radical (unpaired) electrons. The highest BCUT2D eigenvalue weighted by molar-refractivity contribution is 7.86. The Morgan fingerprint density at radius 1 is 1.38 bits per heavy atom. The fourth-order valence-electron chi connectivity index (χ4n) is 1.38. The number of nitriles is 1. The lowest BCUT2D eigenvalue weighted by molar-refractivity contribution is 0.232. The smallest absolute Gasteiger partial charge is 0.264 e. The molecule has 0 N–H and O–H groups in total. The van der Waals surface area contributed by atoms with Crippen LogP contribution in [-0.2, 0) is 20.7 Å². The van der Waals surface area contributed by atoms with Crippen LogP contribution in [0.1, 0.15) is 18.1 Å². The molecule has 0 aliphatic heterocycles. The number of hydrogen-bond acceptors (Lipinski definition) is 4. The molecular formula is C11H13NO3S. The molecule has 0 heterocycles. The second-order valence-electron chi connectivity index (χ2n) is 3.62. The Hall–Kier alpha value is -1.38. The van der Waals surface area contributed by atoms with Crippen LogP contribution in [0.4, 0.5) is 0 Å². The molecule has 4 nitrogen and oxygen atoms in total. The van der Waals surface area contributed by atoms with Crippen LogP contribution < -0.4 is 0 Å². The predicted octanol–water partition coefficient (Wildman–Crippen LogP) is 1.47. The minimum Gasteiger partial charge on any atom is -0.267 e. The van der Waals surface area contributed by atoms with E-state index in [4.69, 9.17) is 9.44 Å². The van der Waals surface area contributed by atoms with E-state index in [1.165, 1.54) is 0 Å². The van der Waals surface area contributed by atoms with Crippen molar-refractivity contribution < 1.29 is 12.6 Å². The quantitative estimate of drug-likeness (QED) is 0.746. The fourth-order valence-corrected chi connectivity index (χ4v) is 2.04. The fraction of sp³-hybridized carbons (Fsp3) is 0.364. The molecule has 86 valence electrons. The molecule has 0 aliphatic carbocycles. The van der Waals surface area contributed by atoms with Crippen molar-refractivity contribution in [1.29, 1.82) is 5.26 Å². The van der Waals surface area contributed by atoms with Crippen molar-refractivity contribution in [3.8, 4) is 6.07 Å². The zero-order chi connectivity index (χ0) is 12.2. The Morgan fingerprint density at radius 3 is 2.38 bits per heavy atom. The highest BCUT2D eigenvalue weighted by atomic mass is 32.2. The first-order valence-corrected chi connectivity index (χ1v) is 6.59. The van der Waals surface area contributed by atoms with Gasteiger partial charge in [0.1, 0.15) is 0 Å². The van der Waals surface area contributed by atoms with E-state index in [0.29, 0.717) is 12.0 Å². The average molecular weight is 239 g/mol. The first kappa shape index (κ1) is 12.7. The lowest BCUT2D eigenvalue weighted by Gasteiger charge is -2.10. The van der Waals surface area contributed by atoms with Gasteiger partial charge in [-0.25, -0.2) is 0 Å². The number of rotatable bonds is 4. The molecule has 0 spiro atoms. The van der Waals surface area contributed by atoms with Crippen molar-refractivity contribution >= 4 is 10.1 Å². The Labute approximate surface area is 95.6 Å². The minimum atomic E-state index is -3.41. The van der Waals surface area contributed by atoms with E-state index < -0.39 is 16.2 Å². The van der Waals surface area contributed by atoms with Crippen molar-refractivity contribution in [3.63, 3.8) is 0 Å². The van der Waals surface area contributed by atoms with Crippen LogP contribution in [0.3, 0.4) is 0 Å². The Kier molecular flexibility index (Phi) is 4.05. The van der Waals surface area contributed by atoms with Crippen molar-refractivity contribution in [1.82, 2.24) is 0 Å². The van der Waals surface area contributed by atoms with Crippen molar-refractivity contribution in [2.24, 2.45) is 0 Å². The summed E-state index contributed by atoms with van der Waals surface area (Å²) in [4.78, 5) is 0. The van der Waals surface area contributed by atoms with Crippen molar-refractivity contribution in [3.05, 3.63) is 35.4 Å². The summed E-state index contributed by atoms with van der Waals surface area (Å²) in [5.74, 6) is 0. The van der Waals surface area contributed by atoms with Crippen LogP contribution >= 0.6 is 0 Å². The standard InChI is InChI=1S/C11H13NO3S/c1-9(15-16(2,13)14)7-10-3-5-11(8-12)6-4-10/h3-6,9H,7H2,1-2H3. The lowest BCUT2D eigenvalue weighted by atomic mass is 10.1. The molecule has 1 atom stereocenters. The Bertz CT molecular complexity index is 485. The largest absolute Gasteiger partial charge is 0.267 e. The highest BCUT2D eigenvalue weighted by Crippen LogP contribution is 2.09. The van der Waals surface area contributed by atoms with Crippen LogP contribution in [0.15, 0.2) is 24.3 Å². The second kappa shape index (κ2) is 5.10. The van der Waals surface area contributed by atoms with Gasteiger partial charge in [-0.1, -0.05) is 12.1 Å². The summed E-state index contributed by atoms with van der Waals surface area (Å²) in [6, 6.07) is 9.00. The molecule has 0 saturated heterocycles. The van der Waals surface area contributed by atoms with Gasteiger partial charge >= 0.3 is 0 Å². The van der Waals surface area contributed by atoms with Gasteiger partial charge in [0.05, 0.1) is 24.0 Å². The molecule has 0 bridgehead atoms. The van der Waals surface area contributed by atoms with Crippen LogP contribution in [0.2, 0.25) is 0 Å². The average Bonchev–Trinajstić information content (AvgIpc) is 2.16. The third-order valence-corrected chi connectivity index (χ3v) is 2.62. The maximum Gasteiger partial charge on any atom is 0.264 e. The first-order chi connectivity index (χ1) is 7.40. The highest BCUT2D eigenvalue weighted by Gasteiger charge is 2.10. The van der Waals surface area contributed by atoms with Gasteiger partial charge in [0.15, 0.2) is 0 Å². The van der Waals surface area contributed by atoms with Gasteiger partial charge in [-0.2, -0.15) is 13.7 Å². The Balaban J connectivity index is 2.64. The molecular weight excluding hydrogens is 226 g/mol. The molecule has 1 aromatic carbocycles. The van der Waals surface area contributed by atoms with E-state index in [1.807, 2.05) is 6.07 Å². The summed E-state index contributed by atoms with van der Waals surface area (Å²) >= 11 is 0. The maximum absolute atomic E-state index is 10.9. The molecule has 0 saturated carbocycles. The Morgan fingerprint density at radius 2 is 1.94 bits per heavy atom. The summed E-state index contributed by atoms with van der Waals surface area (Å²) in [5.41, 5.74) is 1.52. The number of hydrogen-bond donors (Lipinski definition) is 0. The zero-order valence-electron chi connectivity index (χ0n) is 9.17. The van der Waals surface area contributed by atoms with E-state index in [9.17, 15) is 8.42 Å². The predicted molar refractivity (Wildman–Crippen MR) is 60.3 cm³/mol. The third kappa shape index (κ3) is 4.43. The van der Waals surface area contributed by atoms with Crippen molar-refractivity contribution in [2.45, 2.75) is 19.4 Å². The van der Waals surface area contributed by atoms with Crippen molar-refractivity contribution in [2.75, 3.05) is 6.26 Å². The monoisotopic (exact) mass is 239 g/mol. The van der Waals surface area contributed by atoms with Crippen LogP contribution in [0.25, 0.3) is 0 Å². The topological polar surface area (TPSA) is 67.2 Å². The summed E-state index contributed by atoms with van der Waals surface area (Å²) in [6.45, 7) is 1.69. The summed E-state index contributed by atoms with van der Waals surface area (Å²) in [7, 11) is -3.41. The number of nitrogens with zero attached hydrogens (tertiary/aromatic N) is 1. The molecule has 0 aliphatic rings.